The van der Waals surface area contributed by atoms with Gasteiger partial charge in [-0.1, -0.05) is 18.2 Å². The first-order valence-electron chi connectivity index (χ1n) is 9.52. The lowest BCUT2D eigenvalue weighted by Crippen LogP contribution is -2.32. The van der Waals surface area contributed by atoms with Gasteiger partial charge in [-0.15, -0.1) is 0 Å². The number of alkyl halides is 2. The van der Waals surface area contributed by atoms with E-state index in [-0.39, 0.29) is 43.1 Å². The summed E-state index contributed by atoms with van der Waals surface area (Å²) < 4.78 is 26.8. The maximum atomic E-state index is 13.4. The van der Waals surface area contributed by atoms with Crippen molar-refractivity contribution in [3.63, 3.8) is 0 Å². The van der Waals surface area contributed by atoms with Crippen molar-refractivity contribution in [3.05, 3.63) is 47.7 Å². The fourth-order valence-electron chi connectivity index (χ4n) is 3.31. The zero-order valence-electron chi connectivity index (χ0n) is 16.4. The molecule has 1 aromatic carbocycles. The van der Waals surface area contributed by atoms with Crippen LogP contribution in [0.1, 0.15) is 41.6 Å². The van der Waals surface area contributed by atoms with Gasteiger partial charge in [-0.2, -0.15) is 0 Å². The molecule has 154 valence electrons. The zero-order valence-corrected chi connectivity index (χ0v) is 16.4. The highest BCUT2D eigenvalue weighted by molar-refractivity contribution is 5.99. The molecule has 0 bridgehead atoms. The average molecular weight is 402 g/mol. The van der Waals surface area contributed by atoms with Gasteiger partial charge in [-0.25, -0.2) is 13.8 Å². The van der Waals surface area contributed by atoms with E-state index in [4.69, 9.17) is 0 Å². The summed E-state index contributed by atoms with van der Waals surface area (Å²) in [6, 6.07) is 9.11. The Balaban J connectivity index is 1.85. The third kappa shape index (κ3) is 5.07. The van der Waals surface area contributed by atoms with Gasteiger partial charge < -0.3 is 16.0 Å². The maximum Gasteiger partial charge on any atom is 0.252 e. The van der Waals surface area contributed by atoms with Crippen LogP contribution in [0, 0.1) is 12.8 Å². The van der Waals surface area contributed by atoms with Crippen LogP contribution in [0.15, 0.2) is 36.5 Å². The molecular weight excluding hydrogens is 378 g/mol. The van der Waals surface area contributed by atoms with E-state index in [1.165, 1.54) is 19.3 Å². The monoisotopic (exact) mass is 402 g/mol. The highest BCUT2D eigenvalue weighted by Crippen LogP contribution is 2.37. The summed E-state index contributed by atoms with van der Waals surface area (Å²) in [4.78, 5) is 29.0. The third-order valence-corrected chi connectivity index (χ3v) is 5.12. The minimum Gasteiger partial charge on any atom is -0.355 e. The van der Waals surface area contributed by atoms with E-state index in [1.807, 2.05) is 31.2 Å². The molecule has 29 heavy (non-hydrogen) atoms. The Morgan fingerprint density at radius 3 is 2.48 bits per heavy atom. The molecule has 0 radical (unpaired) electrons. The number of pyridine rings is 1. The summed E-state index contributed by atoms with van der Waals surface area (Å²) >= 11 is 0. The molecule has 1 aromatic heterocycles. The molecule has 2 aromatic rings. The second-order valence-electron chi connectivity index (χ2n) is 7.26. The number of carbonyl (C=O) groups excluding carboxylic acids is 2. The summed E-state index contributed by atoms with van der Waals surface area (Å²) in [5.41, 5.74) is 2.40. The number of aryl methyl sites for hydroxylation is 1. The van der Waals surface area contributed by atoms with Crippen LogP contribution in [0.3, 0.4) is 0 Å². The number of carbonyl (C=O) groups is 2. The quantitative estimate of drug-likeness (QED) is 0.698. The van der Waals surface area contributed by atoms with Crippen molar-refractivity contribution in [2.45, 2.75) is 38.5 Å². The lowest BCUT2D eigenvalue weighted by atomic mass is 9.86. The van der Waals surface area contributed by atoms with Gasteiger partial charge >= 0.3 is 0 Å². The molecule has 3 rings (SSSR count). The number of nitrogens with one attached hydrogen (secondary N) is 3. The predicted octanol–water partition coefficient (Wildman–Crippen LogP) is 4.26. The second kappa shape index (κ2) is 8.55. The lowest BCUT2D eigenvalue weighted by molar-refractivity contribution is -0.124. The van der Waals surface area contributed by atoms with E-state index < -0.39 is 11.8 Å². The molecule has 0 spiro atoms. The fraction of sp³-hybridized carbons (Fsp3) is 0.381. The Labute approximate surface area is 168 Å². The summed E-state index contributed by atoms with van der Waals surface area (Å²) in [5, 5.41) is 8.46. The number of amides is 2. The maximum absolute atomic E-state index is 13.4. The lowest BCUT2D eigenvalue weighted by Gasteiger charge is -2.27. The number of aromatic nitrogens is 1. The molecule has 8 heteroatoms. The highest BCUT2D eigenvalue weighted by Gasteiger charge is 2.37. The van der Waals surface area contributed by atoms with E-state index in [2.05, 4.69) is 20.9 Å². The molecule has 0 saturated heterocycles. The molecule has 1 saturated carbocycles. The van der Waals surface area contributed by atoms with Gasteiger partial charge in [0.05, 0.1) is 11.3 Å². The summed E-state index contributed by atoms with van der Waals surface area (Å²) in [6.45, 7) is 1.93. The van der Waals surface area contributed by atoms with Gasteiger partial charge in [-0.05, 0) is 37.5 Å². The normalized spacial score (nSPS) is 16.1. The fourth-order valence-corrected chi connectivity index (χ4v) is 3.31. The number of halogens is 2. The number of anilines is 3. The van der Waals surface area contributed by atoms with Crippen LogP contribution in [-0.2, 0) is 4.79 Å². The average Bonchev–Trinajstić information content (AvgIpc) is 2.70. The Morgan fingerprint density at radius 2 is 1.83 bits per heavy atom. The van der Waals surface area contributed by atoms with Gasteiger partial charge in [0.2, 0.25) is 11.8 Å². The Hall–Kier alpha value is -3.03. The molecule has 0 unspecified atom stereocenters. The van der Waals surface area contributed by atoms with Gasteiger partial charge in [0.1, 0.15) is 0 Å². The molecular formula is C21H24F2N4O2. The van der Waals surface area contributed by atoms with Crippen LogP contribution in [-0.4, -0.2) is 29.8 Å². The summed E-state index contributed by atoms with van der Waals surface area (Å²) in [7, 11) is 1.50. The number of rotatable bonds is 5. The topological polar surface area (TPSA) is 83.1 Å². The Bertz CT molecular complexity index is 907. The minimum absolute atomic E-state index is 0.127. The van der Waals surface area contributed by atoms with E-state index in [1.54, 1.807) is 0 Å². The SMILES string of the molecule is CNC(=O)c1cnc(Nc2ccccc2C)c(NC(=O)C2CCC(F)(F)CC2)c1. The van der Waals surface area contributed by atoms with E-state index in [0.29, 0.717) is 11.5 Å². The first-order valence-corrected chi connectivity index (χ1v) is 9.52. The van der Waals surface area contributed by atoms with Crippen LogP contribution in [0.4, 0.5) is 26.0 Å². The number of benzene rings is 1. The molecule has 1 heterocycles. The van der Waals surface area contributed by atoms with Crippen LogP contribution in [0.2, 0.25) is 0 Å². The smallest absolute Gasteiger partial charge is 0.252 e. The number of para-hydroxylation sites is 1. The molecule has 0 atom stereocenters. The van der Waals surface area contributed by atoms with E-state index >= 15 is 0 Å². The minimum atomic E-state index is -2.70. The van der Waals surface area contributed by atoms with Crippen molar-refractivity contribution < 1.29 is 18.4 Å². The standard InChI is InChI=1S/C21H24F2N4O2/c1-13-5-3-4-6-16(13)26-18-17(11-15(12-25-18)19(28)24-2)27-20(29)14-7-9-21(22,23)10-8-14/h3-6,11-12,14H,7-10H2,1-2H3,(H,24,28)(H,25,26)(H,27,29). The molecule has 1 aliphatic rings. The van der Waals surface area contributed by atoms with Crippen molar-refractivity contribution in [3.8, 4) is 0 Å². The van der Waals surface area contributed by atoms with Gasteiger partial charge in [0, 0.05) is 37.7 Å². The third-order valence-electron chi connectivity index (χ3n) is 5.12. The first kappa shape index (κ1) is 20.7. The van der Waals surface area contributed by atoms with Gasteiger partial charge in [-0.3, -0.25) is 9.59 Å². The summed E-state index contributed by atoms with van der Waals surface area (Å²) in [6.07, 6.45) is 1.08. The van der Waals surface area contributed by atoms with Crippen LogP contribution < -0.4 is 16.0 Å². The number of hydrogen-bond donors (Lipinski definition) is 3. The van der Waals surface area contributed by atoms with Crippen molar-refractivity contribution in [2.75, 3.05) is 17.7 Å². The van der Waals surface area contributed by atoms with Gasteiger partial charge in [0.25, 0.3) is 5.91 Å². The molecule has 3 N–H and O–H groups in total. The Morgan fingerprint density at radius 1 is 1.14 bits per heavy atom. The highest BCUT2D eigenvalue weighted by atomic mass is 19.3. The largest absolute Gasteiger partial charge is 0.355 e. The van der Waals surface area contributed by atoms with Crippen LogP contribution in [0.5, 0.6) is 0 Å². The predicted molar refractivity (Wildman–Crippen MR) is 108 cm³/mol. The molecule has 1 aliphatic carbocycles. The number of hydrogen-bond acceptors (Lipinski definition) is 4. The van der Waals surface area contributed by atoms with E-state index in [0.717, 1.165) is 11.3 Å². The van der Waals surface area contributed by atoms with Gasteiger partial charge in [0.15, 0.2) is 5.82 Å². The van der Waals surface area contributed by atoms with Crippen molar-refractivity contribution >= 4 is 29.0 Å². The van der Waals surface area contributed by atoms with Crippen LogP contribution >= 0.6 is 0 Å². The first-order chi connectivity index (χ1) is 13.8. The molecule has 0 aliphatic heterocycles. The van der Waals surface area contributed by atoms with Crippen molar-refractivity contribution in [1.29, 1.82) is 0 Å². The van der Waals surface area contributed by atoms with Crippen molar-refractivity contribution in [2.24, 2.45) is 5.92 Å². The van der Waals surface area contributed by atoms with Crippen molar-refractivity contribution in [1.82, 2.24) is 10.3 Å². The number of nitrogens with zero attached hydrogens (tertiary/aromatic N) is 1. The molecule has 6 nitrogen and oxygen atoms in total. The molecule has 1 fully saturated rings. The zero-order chi connectivity index (χ0) is 21.0. The van der Waals surface area contributed by atoms with E-state index in [9.17, 15) is 18.4 Å². The van der Waals surface area contributed by atoms with Crippen LogP contribution in [0.25, 0.3) is 0 Å². The molecule has 2 amide bonds. The Kier molecular flexibility index (Phi) is 6.10. The summed E-state index contributed by atoms with van der Waals surface area (Å²) in [5.74, 6) is -3.50. The second-order valence-corrected chi connectivity index (χ2v) is 7.26.